The Hall–Kier alpha value is -2.46. The molecule has 0 unspecified atom stereocenters. The van der Waals surface area contributed by atoms with Gasteiger partial charge < -0.3 is 9.84 Å². The first-order valence-electron chi connectivity index (χ1n) is 6.98. The van der Waals surface area contributed by atoms with Crippen molar-refractivity contribution in [2.24, 2.45) is 0 Å². The molecule has 7 nitrogen and oxygen atoms in total. The number of ether oxygens (including phenoxy) is 1. The number of tetrazole rings is 1. The third-order valence-electron chi connectivity index (χ3n) is 3.01. The summed E-state index contributed by atoms with van der Waals surface area (Å²) in [5.41, 5.74) is 0.369. The zero-order chi connectivity index (χ0) is 16.2. The van der Waals surface area contributed by atoms with Gasteiger partial charge in [-0.05, 0) is 34.7 Å². The first kappa shape index (κ1) is 15.9. The molecule has 0 radical (unpaired) electrons. The summed E-state index contributed by atoms with van der Waals surface area (Å²) in [6.45, 7) is 6.41. The van der Waals surface area contributed by atoms with E-state index in [2.05, 4.69) is 15.5 Å². The van der Waals surface area contributed by atoms with Gasteiger partial charge in [-0.1, -0.05) is 20.8 Å². The fourth-order valence-corrected chi connectivity index (χ4v) is 1.94. The number of aromatic nitrogens is 4. The van der Waals surface area contributed by atoms with Crippen molar-refractivity contribution in [2.75, 3.05) is 6.61 Å². The van der Waals surface area contributed by atoms with E-state index >= 15 is 0 Å². The molecule has 1 atom stereocenters. The van der Waals surface area contributed by atoms with Crippen LogP contribution in [0.1, 0.15) is 32.2 Å². The van der Waals surface area contributed by atoms with Crippen molar-refractivity contribution < 1.29 is 9.84 Å². The quantitative estimate of drug-likeness (QED) is 0.893. The van der Waals surface area contributed by atoms with Gasteiger partial charge in [0.25, 0.3) is 0 Å². The molecular weight excluding hydrogens is 282 g/mol. The maximum atomic E-state index is 10.1. The molecule has 116 valence electrons. The minimum atomic E-state index is -0.736. The molecule has 0 saturated heterocycles. The van der Waals surface area contributed by atoms with Crippen LogP contribution in [0.2, 0.25) is 0 Å². The summed E-state index contributed by atoms with van der Waals surface area (Å²) in [5.74, 6) is 1.32. The van der Waals surface area contributed by atoms with Crippen LogP contribution in [0, 0.1) is 11.3 Å². The second-order valence-electron chi connectivity index (χ2n) is 6.04. The highest BCUT2D eigenvalue weighted by atomic mass is 16.5. The predicted molar refractivity (Wildman–Crippen MR) is 79.2 cm³/mol. The van der Waals surface area contributed by atoms with Gasteiger partial charge in [0.05, 0.1) is 18.2 Å². The zero-order valence-electron chi connectivity index (χ0n) is 12.9. The molecule has 0 amide bonds. The summed E-state index contributed by atoms with van der Waals surface area (Å²) in [6, 6.07) is 8.77. The van der Waals surface area contributed by atoms with Gasteiger partial charge in [-0.2, -0.15) is 5.26 Å². The molecule has 0 saturated carbocycles. The monoisotopic (exact) mass is 301 g/mol. The highest BCUT2D eigenvalue weighted by molar-refractivity contribution is 5.34. The van der Waals surface area contributed by atoms with E-state index in [4.69, 9.17) is 10.00 Å². The average Bonchev–Trinajstić information content (AvgIpc) is 2.94. The second-order valence-corrected chi connectivity index (χ2v) is 6.04. The van der Waals surface area contributed by atoms with E-state index in [1.54, 1.807) is 28.9 Å². The van der Waals surface area contributed by atoms with Crippen LogP contribution in [0.4, 0.5) is 0 Å². The molecule has 1 heterocycles. The summed E-state index contributed by atoms with van der Waals surface area (Å²) in [6.07, 6.45) is -0.736. The van der Waals surface area contributed by atoms with Crippen molar-refractivity contribution in [3.63, 3.8) is 0 Å². The minimum absolute atomic E-state index is 0.120. The highest BCUT2D eigenvalue weighted by Crippen LogP contribution is 2.19. The molecule has 1 N–H and O–H groups in total. The van der Waals surface area contributed by atoms with Crippen molar-refractivity contribution >= 4 is 0 Å². The van der Waals surface area contributed by atoms with Crippen LogP contribution in [0.25, 0.3) is 0 Å². The van der Waals surface area contributed by atoms with Gasteiger partial charge >= 0.3 is 0 Å². The first-order chi connectivity index (χ1) is 10.4. The number of nitriles is 1. The van der Waals surface area contributed by atoms with Gasteiger partial charge in [0.2, 0.25) is 0 Å². The maximum Gasteiger partial charge on any atom is 0.156 e. The molecule has 0 aliphatic carbocycles. The molecule has 2 rings (SSSR count). The van der Waals surface area contributed by atoms with E-state index < -0.39 is 6.10 Å². The standard InChI is InChI=1S/C15H19N5O2/c1-15(2,3)14-17-18-19-20(14)9-12(21)10-22-13-6-4-11(8-16)5-7-13/h4-7,12,21H,9-10H2,1-3H3/t12-/m1/s1. The first-order valence-corrected chi connectivity index (χ1v) is 6.98. The van der Waals surface area contributed by atoms with Gasteiger partial charge in [-0.3, -0.25) is 0 Å². The van der Waals surface area contributed by atoms with Crippen molar-refractivity contribution in [1.29, 1.82) is 5.26 Å². The summed E-state index contributed by atoms with van der Waals surface area (Å²) in [4.78, 5) is 0. The maximum absolute atomic E-state index is 10.1. The lowest BCUT2D eigenvalue weighted by molar-refractivity contribution is 0.0871. The molecule has 0 aliphatic rings. The molecule has 7 heteroatoms. The van der Waals surface area contributed by atoms with Gasteiger partial charge in [-0.25, -0.2) is 4.68 Å². The Bertz CT molecular complexity index is 652. The molecule has 1 aromatic carbocycles. The topological polar surface area (TPSA) is 96.8 Å². The summed E-state index contributed by atoms with van der Waals surface area (Å²) < 4.78 is 7.09. The van der Waals surface area contributed by atoms with Gasteiger partial charge in [0.1, 0.15) is 18.5 Å². The number of benzene rings is 1. The van der Waals surface area contributed by atoms with E-state index in [1.807, 2.05) is 26.8 Å². The Morgan fingerprint density at radius 3 is 2.59 bits per heavy atom. The molecule has 0 fully saturated rings. The predicted octanol–water partition coefficient (Wildman–Crippen LogP) is 1.28. The van der Waals surface area contributed by atoms with Crippen molar-refractivity contribution in [3.05, 3.63) is 35.7 Å². The summed E-state index contributed by atoms with van der Waals surface area (Å²) >= 11 is 0. The molecule has 0 spiro atoms. The lowest BCUT2D eigenvalue weighted by Crippen LogP contribution is -2.28. The Kier molecular flexibility index (Phi) is 4.73. The number of aliphatic hydroxyl groups excluding tert-OH is 1. The third-order valence-corrected chi connectivity index (χ3v) is 3.01. The van der Waals surface area contributed by atoms with Gasteiger partial charge in [0, 0.05) is 5.41 Å². The molecular formula is C15H19N5O2. The Morgan fingerprint density at radius 2 is 2.00 bits per heavy atom. The van der Waals surface area contributed by atoms with Crippen LogP contribution in [0.5, 0.6) is 5.75 Å². The Morgan fingerprint density at radius 1 is 1.32 bits per heavy atom. The molecule has 2 aromatic rings. The smallest absolute Gasteiger partial charge is 0.156 e. The van der Waals surface area contributed by atoms with Gasteiger partial charge in [-0.15, -0.1) is 5.10 Å². The van der Waals surface area contributed by atoms with Crippen molar-refractivity contribution in [1.82, 2.24) is 20.2 Å². The SMILES string of the molecule is CC(C)(C)c1nnnn1C[C@@H](O)COc1ccc(C#N)cc1. The Labute approximate surface area is 129 Å². The number of nitrogens with zero attached hydrogens (tertiary/aromatic N) is 5. The van der Waals surface area contributed by atoms with Crippen LogP contribution in [0.15, 0.2) is 24.3 Å². The molecule has 0 bridgehead atoms. The van der Waals surface area contributed by atoms with Crippen molar-refractivity contribution in [3.8, 4) is 11.8 Å². The van der Waals surface area contributed by atoms with E-state index in [0.29, 0.717) is 17.1 Å². The van der Waals surface area contributed by atoms with Crippen LogP contribution < -0.4 is 4.74 Å². The van der Waals surface area contributed by atoms with E-state index in [-0.39, 0.29) is 18.6 Å². The van der Waals surface area contributed by atoms with Crippen LogP contribution in [-0.4, -0.2) is 38.0 Å². The summed E-state index contributed by atoms with van der Waals surface area (Å²) in [5, 5.41) is 30.4. The number of hydrogen-bond acceptors (Lipinski definition) is 6. The Balaban J connectivity index is 1.92. The van der Waals surface area contributed by atoms with Crippen LogP contribution >= 0.6 is 0 Å². The van der Waals surface area contributed by atoms with Crippen LogP contribution in [0.3, 0.4) is 0 Å². The van der Waals surface area contributed by atoms with E-state index in [0.717, 1.165) is 0 Å². The lowest BCUT2D eigenvalue weighted by Gasteiger charge is -2.19. The number of aliphatic hydroxyl groups is 1. The fraction of sp³-hybridized carbons (Fsp3) is 0.467. The number of hydrogen-bond donors (Lipinski definition) is 1. The minimum Gasteiger partial charge on any atom is -0.491 e. The molecule has 1 aromatic heterocycles. The highest BCUT2D eigenvalue weighted by Gasteiger charge is 2.23. The third kappa shape index (κ3) is 4.02. The van der Waals surface area contributed by atoms with Crippen molar-refractivity contribution in [2.45, 2.75) is 38.8 Å². The largest absolute Gasteiger partial charge is 0.491 e. The normalized spacial score (nSPS) is 12.7. The second kappa shape index (κ2) is 6.54. The van der Waals surface area contributed by atoms with E-state index in [9.17, 15) is 5.11 Å². The van der Waals surface area contributed by atoms with Crippen LogP contribution in [-0.2, 0) is 12.0 Å². The zero-order valence-corrected chi connectivity index (χ0v) is 12.9. The lowest BCUT2D eigenvalue weighted by atomic mass is 9.96. The molecule has 22 heavy (non-hydrogen) atoms. The average molecular weight is 301 g/mol. The summed E-state index contributed by atoms with van der Waals surface area (Å²) in [7, 11) is 0. The fourth-order valence-electron chi connectivity index (χ4n) is 1.94. The number of rotatable bonds is 5. The molecule has 0 aliphatic heterocycles. The van der Waals surface area contributed by atoms with E-state index in [1.165, 1.54) is 0 Å². The van der Waals surface area contributed by atoms with Gasteiger partial charge in [0.15, 0.2) is 5.82 Å².